The lowest BCUT2D eigenvalue weighted by molar-refractivity contribution is 0.0954. The molecule has 2 atom stereocenters. The molecular weight excluding hydrogens is 471 g/mol. The summed E-state index contributed by atoms with van der Waals surface area (Å²) in [6.07, 6.45) is 5.77. The second kappa shape index (κ2) is 11.9. The first-order valence-corrected chi connectivity index (χ1v) is 9.83. The maximum atomic E-state index is 12.1. The van der Waals surface area contributed by atoms with Crippen molar-refractivity contribution in [2.24, 2.45) is 4.99 Å². The highest BCUT2D eigenvalue weighted by Gasteiger charge is 2.24. The second-order valence-corrected chi connectivity index (χ2v) is 7.29. The number of hydrogen-bond acceptors (Lipinski definition) is 3. The van der Waals surface area contributed by atoms with Crippen LogP contribution in [0, 0.1) is 0 Å². The maximum absolute atomic E-state index is 12.1. The summed E-state index contributed by atoms with van der Waals surface area (Å²) in [5.41, 5.74) is 0.496. The van der Waals surface area contributed by atoms with E-state index in [1.165, 1.54) is 19.3 Å². The third-order valence-corrected chi connectivity index (χ3v) is 5.53. The Morgan fingerprint density at radius 3 is 2.64 bits per heavy atom. The molecule has 0 aromatic heterocycles. The Hall–Kier alpha value is -0.670. The van der Waals surface area contributed by atoms with Gasteiger partial charge in [-0.15, -0.1) is 24.0 Å². The van der Waals surface area contributed by atoms with E-state index in [1.807, 2.05) is 11.8 Å². The lowest BCUT2D eigenvalue weighted by atomic mass is 10.2. The van der Waals surface area contributed by atoms with Crippen LogP contribution in [0.25, 0.3) is 0 Å². The van der Waals surface area contributed by atoms with E-state index < -0.39 is 0 Å². The zero-order valence-electron chi connectivity index (χ0n) is 14.5. The third kappa shape index (κ3) is 7.22. The number of rotatable bonds is 6. The molecule has 3 N–H and O–H groups in total. The lowest BCUT2D eigenvalue weighted by Crippen LogP contribution is -2.45. The quantitative estimate of drug-likeness (QED) is 0.245. The molecule has 140 valence electrons. The summed E-state index contributed by atoms with van der Waals surface area (Å²) in [5, 5.41) is 10.8. The molecule has 0 radical (unpaired) electrons. The maximum Gasteiger partial charge on any atom is 0.252 e. The van der Waals surface area contributed by atoms with Crippen molar-refractivity contribution in [1.29, 1.82) is 0 Å². The first kappa shape index (κ1) is 22.4. The second-order valence-electron chi connectivity index (χ2n) is 5.75. The third-order valence-electron chi connectivity index (χ3n) is 4.10. The van der Waals surface area contributed by atoms with Crippen molar-refractivity contribution in [2.75, 3.05) is 26.4 Å². The van der Waals surface area contributed by atoms with Gasteiger partial charge in [-0.25, -0.2) is 0 Å². The number of guanidine groups is 1. The largest absolute Gasteiger partial charge is 0.355 e. The summed E-state index contributed by atoms with van der Waals surface area (Å²) in [7, 11) is 1.76. The standard InChI is InChI=1S/C17H25ClN4OS.HI/c1-19-17(22-12-7-8-13(11-12)24-2)21-10-9-20-16(23)14-5-3-4-6-15(14)18;/h3-6,12-13H,7-11H2,1-2H3,(H,20,23)(H2,19,21,22);1H. The van der Waals surface area contributed by atoms with E-state index in [0.29, 0.717) is 29.7 Å². The fourth-order valence-corrected chi connectivity index (χ4v) is 3.79. The number of aliphatic imine (C=N–C) groups is 1. The molecule has 25 heavy (non-hydrogen) atoms. The molecule has 2 unspecified atom stereocenters. The van der Waals surface area contributed by atoms with Crippen LogP contribution in [-0.4, -0.2) is 49.6 Å². The van der Waals surface area contributed by atoms with Crippen molar-refractivity contribution < 1.29 is 4.79 Å². The lowest BCUT2D eigenvalue weighted by Gasteiger charge is -2.17. The number of thioether (sulfide) groups is 1. The molecule has 1 aliphatic carbocycles. The van der Waals surface area contributed by atoms with E-state index in [0.717, 1.165) is 11.2 Å². The molecule has 1 aromatic rings. The molecule has 5 nitrogen and oxygen atoms in total. The Kier molecular flexibility index (Phi) is 10.6. The number of carbonyl (C=O) groups excluding carboxylic acids is 1. The van der Waals surface area contributed by atoms with Crippen LogP contribution in [0.1, 0.15) is 29.6 Å². The fraction of sp³-hybridized carbons (Fsp3) is 0.529. The van der Waals surface area contributed by atoms with Gasteiger partial charge < -0.3 is 16.0 Å². The molecule has 0 saturated heterocycles. The van der Waals surface area contributed by atoms with Crippen LogP contribution in [0.4, 0.5) is 0 Å². The van der Waals surface area contributed by atoms with Crippen LogP contribution in [0.15, 0.2) is 29.3 Å². The molecule has 1 amide bonds. The van der Waals surface area contributed by atoms with Crippen LogP contribution in [-0.2, 0) is 0 Å². The van der Waals surface area contributed by atoms with Crippen molar-refractivity contribution in [3.8, 4) is 0 Å². The average molecular weight is 497 g/mol. The number of halogens is 2. The van der Waals surface area contributed by atoms with Gasteiger partial charge in [0.15, 0.2) is 5.96 Å². The summed E-state index contributed by atoms with van der Waals surface area (Å²) >= 11 is 7.95. The number of nitrogens with zero attached hydrogens (tertiary/aromatic N) is 1. The minimum Gasteiger partial charge on any atom is -0.355 e. The van der Waals surface area contributed by atoms with Crippen molar-refractivity contribution in [2.45, 2.75) is 30.6 Å². The number of carbonyl (C=O) groups is 1. The highest BCUT2D eigenvalue weighted by Crippen LogP contribution is 2.27. The number of nitrogens with one attached hydrogen (secondary N) is 3. The Balaban J connectivity index is 0.00000312. The highest BCUT2D eigenvalue weighted by molar-refractivity contribution is 14.0. The Morgan fingerprint density at radius 2 is 2.00 bits per heavy atom. The highest BCUT2D eigenvalue weighted by atomic mass is 127. The van der Waals surface area contributed by atoms with E-state index in [9.17, 15) is 4.79 Å². The van der Waals surface area contributed by atoms with E-state index in [-0.39, 0.29) is 29.9 Å². The SMILES string of the molecule is CN=C(NCCNC(=O)c1ccccc1Cl)NC1CCC(SC)C1.I. The van der Waals surface area contributed by atoms with Crippen LogP contribution in [0.5, 0.6) is 0 Å². The number of hydrogen-bond donors (Lipinski definition) is 3. The van der Waals surface area contributed by atoms with Gasteiger partial charge in [0.1, 0.15) is 0 Å². The van der Waals surface area contributed by atoms with Crippen LogP contribution in [0.3, 0.4) is 0 Å². The zero-order chi connectivity index (χ0) is 17.4. The average Bonchev–Trinajstić information content (AvgIpc) is 3.05. The molecule has 0 aliphatic heterocycles. The first-order chi connectivity index (χ1) is 11.6. The summed E-state index contributed by atoms with van der Waals surface area (Å²) in [5.74, 6) is 0.623. The molecule has 1 fully saturated rings. The van der Waals surface area contributed by atoms with Crippen molar-refractivity contribution in [3.63, 3.8) is 0 Å². The molecule has 8 heteroatoms. The summed E-state index contributed by atoms with van der Waals surface area (Å²) in [6, 6.07) is 7.51. The molecule has 0 bridgehead atoms. The van der Waals surface area contributed by atoms with Gasteiger partial charge in [-0.05, 0) is 37.7 Å². The van der Waals surface area contributed by atoms with Crippen molar-refractivity contribution in [3.05, 3.63) is 34.9 Å². The first-order valence-electron chi connectivity index (χ1n) is 8.16. The summed E-state index contributed by atoms with van der Waals surface area (Å²) in [4.78, 5) is 16.3. The monoisotopic (exact) mass is 496 g/mol. The predicted molar refractivity (Wildman–Crippen MR) is 119 cm³/mol. The van der Waals surface area contributed by atoms with Gasteiger partial charge in [0.25, 0.3) is 5.91 Å². The van der Waals surface area contributed by atoms with Gasteiger partial charge >= 0.3 is 0 Å². The van der Waals surface area contributed by atoms with Crippen LogP contribution in [0.2, 0.25) is 5.02 Å². The van der Waals surface area contributed by atoms with E-state index >= 15 is 0 Å². The minimum absolute atomic E-state index is 0. The van der Waals surface area contributed by atoms with E-state index in [4.69, 9.17) is 11.6 Å². The Bertz CT molecular complexity index is 588. The van der Waals surface area contributed by atoms with Gasteiger partial charge in [0.05, 0.1) is 10.6 Å². The molecule has 2 rings (SSSR count). The van der Waals surface area contributed by atoms with Gasteiger partial charge in [-0.3, -0.25) is 9.79 Å². The summed E-state index contributed by atoms with van der Waals surface area (Å²) in [6.45, 7) is 1.11. The fourth-order valence-electron chi connectivity index (χ4n) is 2.77. The van der Waals surface area contributed by atoms with Crippen LogP contribution >= 0.6 is 47.3 Å². The van der Waals surface area contributed by atoms with Gasteiger partial charge in [0.2, 0.25) is 0 Å². The van der Waals surface area contributed by atoms with Crippen molar-refractivity contribution in [1.82, 2.24) is 16.0 Å². The zero-order valence-corrected chi connectivity index (χ0v) is 18.5. The minimum atomic E-state index is -0.163. The molecule has 1 saturated carbocycles. The van der Waals surface area contributed by atoms with Crippen LogP contribution < -0.4 is 16.0 Å². The Morgan fingerprint density at radius 1 is 1.28 bits per heavy atom. The normalized spacial score (nSPS) is 19.9. The predicted octanol–water partition coefficient (Wildman–Crippen LogP) is 3.14. The molecule has 1 aliphatic rings. The molecule has 0 heterocycles. The van der Waals surface area contributed by atoms with Crippen molar-refractivity contribution >= 4 is 59.2 Å². The van der Waals surface area contributed by atoms with E-state index in [2.05, 4.69) is 27.2 Å². The summed E-state index contributed by atoms with van der Waals surface area (Å²) < 4.78 is 0. The Labute approximate surface area is 176 Å². The topological polar surface area (TPSA) is 65.5 Å². The van der Waals surface area contributed by atoms with Gasteiger partial charge in [-0.1, -0.05) is 23.7 Å². The molecule has 0 spiro atoms. The number of amides is 1. The van der Waals surface area contributed by atoms with E-state index in [1.54, 1.807) is 31.3 Å². The number of benzene rings is 1. The smallest absolute Gasteiger partial charge is 0.252 e. The van der Waals surface area contributed by atoms with Gasteiger partial charge in [-0.2, -0.15) is 11.8 Å². The molecule has 1 aromatic carbocycles. The van der Waals surface area contributed by atoms with Gasteiger partial charge in [0, 0.05) is 31.4 Å². The molecular formula is C17H26ClIN4OS.